The van der Waals surface area contributed by atoms with Gasteiger partial charge in [-0.25, -0.2) is 0 Å². The first-order chi connectivity index (χ1) is 6.74. The molecule has 2 nitrogen and oxygen atoms in total. The second kappa shape index (κ2) is 5.84. The number of allylic oxidation sites excluding steroid dienone is 1. The normalized spacial score (nSPS) is 17.8. The fourth-order valence-corrected chi connectivity index (χ4v) is 1.91. The van der Waals surface area contributed by atoms with E-state index in [4.69, 9.17) is 4.74 Å². The summed E-state index contributed by atoms with van der Waals surface area (Å²) in [7, 11) is 0. The quantitative estimate of drug-likeness (QED) is 0.508. The molecule has 0 bridgehead atoms. The zero-order chi connectivity index (χ0) is 10.4. The Morgan fingerprint density at radius 2 is 2.00 bits per heavy atom. The van der Waals surface area contributed by atoms with Crippen molar-refractivity contribution >= 4 is 5.97 Å². The molecular formula is C12H20O2. The summed E-state index contributed by atoms with van der Waals surface area (Å²) >= 11 is 0. The van der Waals surface area contributed by atoms with Crippen LogP contribution in [0.4, 0.5) is 0 Å². The van der Waals surface area contributed by atoms with Gasteiger partial charge in [0.15, 0.2) is 0 Å². The highest BCUT2D eigenvalue weighted by atomic mass is 16.5. The first-order valence-electron chi connectivity index (χ1n) is 5.63. The van der Waals surface area contributed by atoms with Gasteiger partial charge in [0.2, 0.25) is 0 Å². The van der Waals surface area contributed by atoms with Crippen LogP contribution in [0.15, 0.2) is 12.3 Å². The monoisotopic (exact) mass is 196 g/mol. The molecule has 0 spiro atoms. The SMILES string of the molecule is C=C(OC(=O)CCC)C1CCCCC1. The molecule has 1 fully saturated rings. The van der Waals surface area contributed by atoms with Gasteiger partial charge in [-0.2, -0.15) is 0 Å². The molecule has 1 saturated carbocycles. The molecule has 0 radical (unpaired) electrons. The van der Waals surface area contributed by atoms with E-state index in [1.807, 2.05) is 6.92 Å². The summed E-state index contributed by atoms with van der Waals surface area (Å²) in [4.78, 5) is 11.2. The van der Waals surface area contributed by atoms with Crippen LogP contribution < -0.4 is 0 Å². The average molecular weight is 196 g/mol. The lowest BCUT2D eigenvalue weighted by Gasteiger charge is -2.22. The van der Waals surface area contributed by atoms with Gasteiger partial charge in [0.05, 0.1) is 0 Å². The van der Waals surface area contributed by atoms with Crippen molar-refractivity contribution < 1.29 is 9.53 Å². The summed E-state index contributed by atoms with van der Waals surface area (Å²) in [6, 6.07) is 0. The van der Waals surface area contributed by atoms with Crippen LogP contribution in [0.5, 0.6) is 0 Å². The third-order valence-electron chi connectivity index (χ3n) is 2.76. The molecule has 14 heavy (non-hydrogen) atoms. The molecule has 0 aromatic heterocycles. The van der Waals surface area contributed by atoms with Gasteiger partial charge in [0.25, 0.3) is 0 Å². The van der Waals surface area contributed by atoms with Crippen molar-refractivity contribution in [2.75, 3.05) is 0 Å². The molecule has 0 aromatic rings. The van der Waals surface area contributed by atoms with Gasteiger partial charge in [-0.05, 0) is 19.3 Å². The minimum Gasteiger partial charge on any atom is -0.431 e. The van der Waals surface area contributed by atoms with Gasteiger partial charge >= 0.3 is 5.97 Å². The van der Waals surface area contributed by atoms with Crippen molar-refractivity contribution in [3.05, 3.63) is 12.3 Å². The highest BCUT2D eigenvalue weighted by Crippen LogP contribution is 2.29. The van der Waals surface area contributed by atoms with Crippen LogP contribution in [0.2, 0.25) is 0 Å². The van der Waals surface area contributed by atoms with Gasteiger partial charge in [0, 0.05) is 12.3 Å². The number of hydrogen-bond acceptors (Lipinski definition) is 2. The van der Waals surface area contributed by atoms with E-state index in [9.17, 15) is 4.79 Å². The Hall–Kier alpha value is -0.790. The van der Waals surface area contributed by atoms with Crippen LogP contribution in [-0.4, -0.2) is 5.97 Å². The van der Waals surface area contributed by atoms with Crippen molar-refractivity contribution in [3.63, 3.8) is 0 Å². The van der Waals surface area contributed by atoms with E-state index < -0.39 is 0 Å². The van der Waals surface area contributed by atoms with Crippen LogP contribution in [0.1, 0.15) is 51.9 Å². The van der Waals surface area contributed by atoms with E-state index in [1.165, 1.54) is 19.3 Å². The van der Waals surface area contributed by atoms with E-state index in [2.05, 4.69) is 6.58 Å². The maximum Gasteiger partial charge on any atom is 0.310 e. The Labute approximate surface area is 86.3 Å². The molecule has 1 aliphatic rings. The molecule has 1 rings (SSSR count). The van der Waals surface area contributed by atoms with Crippen molar-refractivity contribution in [2.45, 2.75) is 51.9 Å². The number of esters is 1. The summed E-state index contributed by atoms with van der Waals surface area (Å²) in [6.07, 6.45) is 7.43. The van der Waals surface area contributed by atoms with Crippen molar-refractivity contribution in [3.8, 4) is 0 Å². The fourth-order valence-electron chi connectivity index (χ4n) is 1.91. The third-order valence-corrected chi connectivity index (χ3v) is 2.76. The van der Waals surface area contributed by atoms with Gasteiger partial charge in [-0.15, -0.1) is 0 Å². The smallest absolute Gasteiger partial charge is 0.310 e. The van der Waals surface area contributed by atoms with Gasteiger partial charge in [-0.1, -0.05) is 32.8 Å². The standard InChI is InChI=1S/C12H20O2/c1-3-7-12(13)14-10(2)11-8-5-4-6-9-11/h11H,2-9H2,1H3. The van der Waals surface area contributed by atoms with Crippen molar-refractivity contribution in [1.29, 1.82) is 0 Å². The molecule has 0 saturated heterocycles. The third kappa shape index (κ3) is 3.52. The first-order valence-corrected chi connectivity index (χ1v) is 5.63. The minimum atomic E-state index is -0.122. The summed E-state index contributed by atoms with van der Waals surface area (Å²) in [5.41, 5.74) is 0. The Kier molecular flexibility index (Phi) is 4.71. The Balaban J connectivity index is 2.29. The molecule has 0 N–H and O–H groups in total. The molecule has 0 unspecified atom stereocenters. The van der Waals surface area contributed by atoms with E-state index in [0.717, 1.165) is 19.3 Å². The molecule has 0 atom stereocenters. The lowest BCUT2D eigenvalue weighted by Crippen LogP contribution is -2.14. The summed E-state index contributed by atoms with van der Waals surface area (Å²) < 4.78 is 5.20. The molecule has 80 valence electrons. The number of carbonyl (C=O) groups excluding carboxylic acids is 1. The minimum absolute atomic E-state index is 0.122. The molecule has 2 heteroatoms. The van der Waals surface area contributed by atoms with Crippen LogP contribution in [-0.2, 0) is 9.53 Å². The number of ether oxygens (including phenoxy) is 1. The van der Waals surface area contributed by atoms with E-state index in [0.29, 0.717) is 18.1 Å². The van der Waals surface area contributed by atoms with Gasteiger partial charge < -0.3 is 4.74 Å². The summed E-state index contributed by atoms with van der Waals surface area (Å²) in [6.45, 7) is 5.83. The number of carbonyl (C=O) groups is 1. The second-order valence-electron chi connectivity index (χ2n) is 4.03. The zero-order valence-electron chi connectivity index (χ0n) is 9.05. The molecule has 0 aliphatic heterocycles. The maximum absolute atomic E-state index is 11.2. The summed E-state index contributed by atoms with van der Waals surface area (Å²) in [5.74, 6) is 0.996. The second-order valence-corrected chi connectivity index (χ2v) is 4.03. The average Bonchev–Trinajstić information content (AvgIpc) is 2.19. The van der Waals surface area contributed by atoms with Gasteiger partial charge in [-0.3, -0.25) is 4.79 Å². The lowest BCUT2D eigenvalue weighted by atomic mass is 9.88. The topological polar surface area (TPSA) is 26.3 Å². The molecule has 0 heterocycles. The molecule has 1 aliphatic carbocycles. The predicted octanol–water partition coefficient (Wildman–Crippen LogP) is 3.42. The van der Waals surface area contributed by atoms with Crippen LogP contribution in [0.3, 0.4) is 0 Å². The van der Waals surface area contributed by atoms with Crippen molar-refractivity contribution in [2.24, 2.45) is 5.92 Å². The highest BCUT2D eigenvalue weighted by Gasteiger charge is 2.19. The van der Waals surface area contributed by atoms with E-state index in [1.54, 1.807) is 0 Å². The summed E-state index contributed by atoms with van der Waals surface area (Å²) in [5, 5.41) is 0. The van der Waals surface area contributed by atoms with E-state index >= 15 is 0 Å². The van der Waals surface area contributed by atoms with Crippen LogP contribution in [0.25, 0.3) is 0 Å². The Bertz CT molecular complexity index is 202. The highest BCUT2D eigenvalue weighted by molar-refractivity contribution is 5.70. The zero-order valence-corrected chi connectivity index (χ0v) is 9.05. The largest absolute Gasteiger partial charge is 0.431 e. The maximum atomic E-state index is 11.2. The fraction of sp³-hybridized carbons (Fsp3) is 0.750. The Morgan fingerprint density at radius 3 is 2.57 bits per heavy atom. The number of rotatable bonds is 4. The number of hydrogen-bond donors (Lipinski definition) is 0. The van der Waals surface area contributed by atoms with Crippen molar-refractivity contribution in [1.82, 2.24) is 0 Å². The van der Waals surface area contributed by atoms with Crippen LogP contribution >= 0.6 is 0 Å². The lowest BCUT2D eigenvalue weighted by molar-refractivity contribution is -0.140. The van der Waals surface area contributed by atoms with Gasteiger partial charge in [0.1, 0.15) is 5.76 Å². The van der Waals surface area contributed by atoms with E-state index in [-0.39, 0.29) is 5.97 Å². The Morgan fingerprint density at radius 1 is 1.36 bits per heavy atom. The molecular weight excluding hydrogens is 176 g/mol. The predicted molar refractivity (Wildman–Crippen MR) is 56.7 cm³/mol. The first kappa shape index (κ1) is 11.3. The molecule has 0 aromatic carbocycles. The molecule has 0 amide bonds. The van der Waals surface area contributed by atoms with Crippen LogP contribution in [0, 0.1) is 5.92 Å².